The van der Waals surface area contributed by atoms with Crippen molar-refractivity contribution in [2.75, 3.05) is 0 Å². The molecule has 0 saturated heterocycles. The van der Waals surface area contributed by atoms with Crippen molar-refractivity contribution >= 4 is 15.8 Å². The molecule has 1 N–H and O–H groups in total. The van der Waals surface area contributed by atoms with Crippen molar-refractivity contribution in [2.24, 2.45) is 0 Å². The second-order valence-electron chi connectivity index (χ2n) is 4.49. The van der Waals surface area contributed by atoms with Crippen LogP contribution in [0.3, 0.4) is 0 Å². The molecule has 0 aliphatic heterocycles. The molecule has 106 valence electrons. The lowest BCUT2D eigenvalue weighted by molar-refractivity contribution is 0.0685. The summed E-state index contributed by atoms with van der Waals surface area (Å²) in [5.41, 5.74) is 1.56. The number of hydrogen-bond acceptors (Lipinski definition) is 5. The molecule has 0 radical (unpaired) electrons. The molecule has 0 amide bonds. The average molecular weight is 295 g/mol. The van der Waals surface area contributed by atoms with Gasteiger partial charge in [0.15, 0.2) is 21.3 Å². The van der Waals surface area contributed by atoms with Crippen LogP contribution in [0.25, 0.3) is 0 Å². The van der Waals surface area contributed by atoms with E-state index in [1.165, 1.54) is 6.07 Å². The maximum absolute atomic E-state index is 12.2. The Kier molecular flexibility index (Phi) is 3.63. The SMILES string of the molecule is Cc1ccc(S(=O)(=O)Cc2cc(C(=O)O)no2)cc1C. The summed E-state index contributed by atoms with van der Waals surface area (Å²) in [6.45, 7) is 3.71. The predicted molar refractivity (Wildman–Crippen MR) is 70.3 cm³/mol. The first kappa shape index (κ1) is 14.3. The van der Waals surface area contributed by atoms with Gasteiger partial charge in [0.05, 0.1) is 4.90 Å². The van der Waals surface area contributed by atoms with Gasteiger partial charge in [-0.25, -0.2) is 13.2 Å². The molecule has 0 aliphatic rings. The zero-order valence-electron chi connectivity index (χ0n) is 11.0. The number of carboxylic acids is 1. The molecule has 0 spiro atoms. The summed E-state index contributed by atoms with van der Waals surface area (Å²) in [5.74, 6) is -1.68. The number of aromatic carboxylic acids is 1. The van der Waals surface area contributed by atoms with Crippen molar-refractivity contribution in [3.05, 3.63) is 46.8 Å². The fraction of sp³-hybridized carbons (Fsp3) is 0.231. The second kappa shape index (κ2) is 5.09. The van der Waals surface area contributed by atoms with Crippen LogP contribution in [-0.4, -0.2) is 24.7 Å². The van der Waals surface area contributed by atoms with E-state index in [-0.39, 0.29) is 16.3 Å². The molecule has 0 fully saturated rings. The first-order valence-corrected chi connectivity index (χ1v) is 7.44. The first-order chi connectivity index (χ1) is 9.29. The monoisotopic (exact) mass is 295 g/mol. The van der Waals surface area contributed by atoms with Gasteiger partial charge in [-0.05, 0) is 37.1 Å². The highest BCUT2D eigenvalue weighted by molar-refractivity contribution is 7.90. The molecular formula is C13H13NO5S. The zero-order valence-corrected chi connectivity index (χ0v) is 11.8. The minimum Gasteiger partial charge on any atom is -0.476 e. The molecule has 20 heavy (non-hydrogen) atoms. The van der Waals surface area contributed by atoms with E-state index in [9.17, 15) is 13.2 Å². The lowest BCUT2D eigenvalue weighted by atomic mass is 10.1. The van der Waals surface area contributed by atoms with Crippen LogP contribution in [0.2, 0.25) is 0 Å². The molecule has 1 aromatic heterocycles. The van der Waals surface area contributed by atoms with E-state index in [2.05, 4.69) is 5.16 Å². The smallest absolute Gasteiger partial charge is 0.358 e. The van der Waals surface area contributed by atoms with Gasteiger partial charge in [-0.1, -0.05) is 11.2 Å². The molecule has 0 aliphatic carbocycles. The fourth-order valence-corrected chi connectivity index (χ4v) is 2.97. The van der Waals surface area contributed by atoms with E-state index in [4.69, 9.17) is 9.63 Å². The topological polar surface area (TPSA) is 97.5 Å². The van der Waals surface area contributed by atoms with Gasteiger partial charge in [-0.3, -0.25) is 0 Å². The van der Waals surface area contributed by atoms with Gasteiger partial charge >= 0.3 is 5.97 Å². The Hall–Kier alpha value is -2.15. The molecule has 0 saturated carbocycles. The largest absolute Gasteiger partial charge is 0.476 e. The molecule has 0 bridgehead atoms. The Balaban J connectivity index is 2.30. The number of sulfone groups is 1. The third-order valence-electron chi connectivity index (χ3n) is 2.95. The quantitative estimate of drug-likeness (QED) is 0.926. The van der Waals surface area contributed by atoms with Crippen molar-refractivity contribution in [3.63, 3.8) is 0 Å². The van der Waals surface area contributed by atoms with Gasteiger partial charge < -0.3 is 9.63 Å². The fourth-order valence-electron chi connectivity index (χ4n) is 1.66. The number of carboxylic acid groups (broad SMARTS) is 1. The number of aryl methyl sites for hydroxylation is 2. The minimum absolute atomic E-state index is 0.000582. The van der Waals surface area contributed by atoms with E-state index in [1.807, 2.05) is 13.8 Å². The van der Waals surface area contributed by atoms with Crippen LogP contribution >= 0.6 is 0 Å². The third-order valence-corrected chi connectivity index (χ3v) is 4.58. The minimum atomic E-state index is -3.59. The Morgan fingerprint density at radius 3 is 2.50 bits per heavy atom. The van der Waals surface area contributed by atoms with Crippen molar-refractivity contribution in [2.45, 2.75) is 24.5 Å². The summed E-state index contributed by atoms with van der Waals surface area (Å²) in [5, 5.41) is 12.0. The van der Waals surface area contributed by atoms with E-state index in [0.717, 1.165) is 17.2 Å². The predicted octanol–water partition coefficient (Wildman–Crippen LogP) is 1.96. The molecule has 0 unspecified atom stereocenters. The number of aromatic nitrogens is 1. The summed E-state index contributed by atoms with van der Waals surface area (Å²) in [4.78, 5) is 10.8. The van der Waals surface area contributed by atoms with Gasteiger partial charge in [-0.2, -0.15) is 0 Å². The van der Waals surface area contributed by atoms with Crippen molar-refractivity contribution in [1.29, 1.82) is 0 Å². The molecular weight excluding hydrogens is 282 g/mol. The number of nitrogens with zero attached hydrogens (tertiary/aromatic N) is 1. The van der Waals surface area contributed by atoms with Gasteiger partial charge in [0.2, 0.25) is 0 Å². The summed E-state index contributed by atoms with van der Waals surface area (Å²) in [6, 6.07) is 5.94. The highest BCUT2D eigenvalue weighted by Crippen LogP contribution is 2.20. The Bertz CT molecular complexity index is 761. The number of rotatable bonds is 4. The van der Waals surface area contributed by atoms with Crippen LogP contribution < -0.4 is 0 Å². The summed E-state index contributed by atoms with van der Waals surface area (Å²) >= 11 is 0. The Labute approximate surface area is 115 Å². The van der Waals surface area contributed by atoms with E-state index in [1.54, 1.807) is 12.1 Å². The Morgan fingerprint density at radius 1 is 1.25 bits per heavy atom. The average Bonchev–Trinajstić information content (AvgIpc) is 2.80. The van der Waals surface area contributed by atoms with Gasteiger partial charge in [0.1, 0.15) is 5.75 Å². The third kappa shape index (κ3) is 2.88. The second-order valence-corrected chi connectivity index (χ2v) is 6.48. The molecule has 0 atom stereocenters. The lowest BCUT2D eigenvalue weighted by Gasteiger charge is -2.05. The highest BCUT2D eigenvalue weighted by atomic mass is 32.2. The van der Waals surface area contributed by atoms with Crippen molar-refractivity contribution in [3.8, 4) is 0 Å². The molecule has 2 rings (SSSR count). The number of benzene rings is 1. The maximum atomic E-state index is 12.2. The maximum Gasteiger partial charge on any atom is 0.358 e. The van der Waals surface area contributed by atoms with Crippen molar-refractivity contribution in [1.82, 2.24) is 5.16 Å². The summed E-state index contributed by atoms with van der Waals surface area (Å²) < 4.78 is 29.1. The van der Waals surface area contributed by atoms with E-state index < -0.39 is 21.6 Å². The van der Waals surface area contributed by atoms with Crippen LogP contribution in [0.4, 0.5) is 0 Å². The normalized spacial score (nSPS) is 11.5. The number of hydrogen-bond donors (Lipinski definition) is 1. The number of carbonyl (C=O) groups is 1. The molecule has 1 heterocycles. The van der Waals surface area contributed by atoms with Gasteiger partial charge in [0, 0.05) is 6.07 Å². The summed E-state index contributed by atoms with van der Waals surface area (Å²) in [6.07, 6.45) is 0. The molecule has 7 heteroatoms. The zero-order chi connectivity index (χ0) is 14.9. The highest BCUT2D eigenvalue weighted by Gasteiger charge is 2.20. The summed E-state index contributed by atoms with van der Waals surface area (Å²) in [7, 11) is -3.59. The van der Waals surface area contributed by atoms with E-state index in [0.29, 0.717) is 0 Å². The molecule has 6 nitrogen and oxygen atoms in total. The van der Waals surface area contributed by atoms with Crippen LogP contribution in [0.15, 0.2) is 33.7 Å². The van der Waals surface area contributed by atoms with E-state index >= 15 is 0 Å². The van der Waals surface area contributed by atoms with Crippen LogP contribution in [-0.2, 0) is 15.6 Å². The van der Waals surface area contributed by atoms with Gasteiger partial charge in [0.25, 0.3) is 0 Å². The van der Waals surface area contributed by atoms with Crippen molar-refractivity contribution < 1.29 is 22.8 Å². The lowest BCUT2D eigenvalue weighted by Crippen LogP contribution is -2.05. The standard InChI is InChI=1S/C13H13NO5S/c1-8-3-4-11(5-9(8)2)20(17,18)7-10-6-12(13(15)16)14-19-10/h3-6H,7H2,1-2H3,(H,15,16). The molecule has 1 aromatic carbocycles. The van der Waals surface area contributed by atoms with Crippen LogP contribution in [0.1, 0.15) is 27.4 Å². The molecule has 2 aromatic rings. The van der Waals surface area contributed by atoms with Gasteiger partial charge in [-0.15, -0.1) is 0 Å². The first-order valence-electron chi connectivity index (χ1n) is 5.78. The Morgan fingerprint density at radius 2 is 1.95 bits per heavy atom. The van der Waals surface area contributed by atoms with Crippen LogP contribution in [0.5, 0.6) is 0 Å². The van der Waals surface area contributed by atoms with Crippen LogP contribution in [0, 0.1) is 13.8 Å².